The molecule has 29 heavy (non-hydrogen) atoms. The van der Waals surface area contributed by atoms with E-state index in [1.54, 1.807) is 29.2 Å². The Morgan fingerprint density at radius 1 is 1.21 bits per heavy atom. The molecule has 1 fully saturated rings. The number of nitriles is 1. The van der Waals surface area contributed by atoms with Crippen LogP contribution in [-0.2, 0) is 21.2 Å². The number of rotatable bonds is 6. The maximum atomic E-state index is 12.9. The second-order valence-electron chi connectivity index (χ2n) is 6.40. The van der Waals surface area contributed by atoms with Crippen LogP contribution in [0.15, 0.2) is 47.4 Å². The van der Waals surface area contributed by atoms with Gasteiger partial charge in [-0.15, -0.1) is 0 Å². The summed E-state index contributed by atoms with van der Waals surface area (Å²) >= 11 is 0. The Hall–Kier alpha value is -3.09. The Morgan fingerprint density at radius 2 is 1.90 bits per heavy atom. The zero-order chi connectivity index (χ0) is 20.9. The zero-order valence-electron chi connectivity index (χ0n) is 15.9. The summed E-state index contributed by atoms with van der Waals surface area (Å²) in [4.78, 5) is 14.4. The molecule has 1 amide bonds. The molecule has 0 unspecified atom stereocenters. The molecule has 1 saturated heterocycles. The van der Waals surface area contributed by atoms with Gasteiger partial charge < -0.3 is 14.4 Å². The number of sulfonamides is 1. The van der Waals surface area contributed by atoms with Crippen LogP contribution in [0.3, 0.4) is 0 Å². The van der Waals surface area contributed by atoms with E-state index in [-0.39, 0.29) is 22.8 Å². The van der Waals surface area contributed by atoms with E-state index in [2.05, 4.69) is 4.72 Å². The van der Waals surface area contributed by atoms with E-state index in [1.165, 1.54) is 25.3 Å². The number of nitrogens with zero attached hydrogens (tertiary/aromatic N) is 2. The van der Waals surface area contributed by atoms with Crippen LogP contribution >= 0.6 is 0 Å². The van der Waals surface area contributed by atoms with Gasteiger partial charge in [0.2, 0.25) is 0 Å². The molecule has 3 rings (SSSR count). The van der Waals surface area contributed by atoms with Crippen molar-refractivity contribution in [2.24, 2.45) is 0 Å². The van der Waals surface area contributed by atoms with Crippen LogP contribution in [0.4, 0.5) is 5.69 Å². The van der Waals surface area contributed by atoms with E-state index in [0.717, 1.165) is 5.56 Å². The summed E-state index contributed by atoms with van der Waals surface area (Å²) in [6.45, 7) is 1.75. The SMILES string of the molecule is COc1ccc(S(=O)(=O)Nc2ccc(CC#N)cc2)cc1C(=O)N1CCOCC1. The highest BCUT2D eigenvalue weighted by Crippen LogP contribution is 2.26. The molecule has 2 aromatic rings. The molecule has 0 aromatic heterocycles. The lowest BCUT2D eigenvalue weighted by atomic mass is 10.1. The van der Waals surface area contributed by atoms with Gasteiger partial charge in [0.15, 0.2) is 0 Å². The van der Waals surface area contributed by atoms with Crippen molar-refractivity contribution in [1.82, 2.24) is 4.90 Å². The Bertz CT molecular complexity index is 1020. The van der Waals surface area contributed by atoms with E-state index in [4.69, 9.17) is 14.7 Å². The van der Waals surface area contributed by atoms with Crippen LogP contribution in [0.25, 0.3) is 0 Å². The number of methoxy groups -OCH3 is 1. The predicted octanol–water partition coefficient (Wildman–Crippen LogP) is 2.03. The van der Waals surface area contributed by atoms with Crippen LogP contribution in [0.1, 0.15) is 15.9 Å². The first kappa shape index (κ1) is 20.6. The number of carbonyl (C=O) groups is 1. The maximum Gasteiger partial charge on any atom is 0.261 e. The lowest BCUT2D eigenvalue weighted by Gasteiger charge is -2.27. The van der Waals surface area contributed by atoms with Crippen molar-refractivity contribution in [2.45, 2.75) is 11.3 Å². The van der Waals surface area contributed by atoms with Crippen molar-refractivity contribution in [3.05, 3.63) is 53.6 Å². The second-order valence-corrected chi connectivity index (χ2v) is 8.09. The van der Waals surface area contributed by atoms with Gasteiger partial charge in [-0.1, -0.05) is 12.1 Å². The van der Waals surface area contributed by atoms with Crippen molar-refractivity contribution in [3.63, 3.8) is 0 Å². The van der Waals surface area contributed by atoms with Crippen molar-refractivity contribution in [3.8, 4) is 11.8 Å². The van der Waals surface area contributed by atoms with Gasteiger partial charge in [0.05, 0.1) is 43.3 Å². The van der Waals surface area contributed by atoms with Gasteiger partial charge >= 0.3 is 0 Å². The monoisotopic (exact) mass is 415 g/mol. The smallest absolute Gasteiger partial charge is 0.261 e. The van der Waals surface area contributed by atoms with Crippen LogP contribution in [0, 0.1) is 11.3 Å². The van der Waals surface area contributed by atoms with E-state index in [9.17, 15) is 13.2 Å². The molecule has 0 aliphatic carbocycles. The largest absolute Gasteiger partial charge is 0.496 e. The third-order valence-corrected chi connectivity index (χ3v) is 5.88. The van der Waals surface area contributed by atoms with Crippen LogP contribution in [0.5, 0.6) is 5.75 Å². The summed E-state index contributed by atoms with van der Waals surface area (Å²) in [5.41, 5.74) is 1.34. The lowest BCUT2D eigenvalue weighted by Crippen LogP contribution is -2.40. The van der Waals surface area contributed by atoms with Crippen molar-refractivity contribution < 1.29 is 22.7 Å². The molecule has 1 aliphatic rings. The number of carbonyl (C=O) groups excluding carboxylic acids is 1. The Kier molecular flexibility index (Phi) is 6.36. The fourth-order valence-electron chi connectivity index (χ4n) is 2.95. The van der Waals surface area contributed by atoms with Crippen molar-refractivity contribution in [1.29, 1.82) is 5.26 Å². The van der Waals surface area contributed by atoms with Crippen molar-refractivity contribution >= 4 is 21.6 Å². The molecule has 1 heterocycles. The van der Waals surface area contributed by atoms with Gasteiger partial charge in [-0.2, -0.15) is 5.26 Å². The third kappa shape index (κ3) is 4.85. The third-order valence-electron chi connectivity index (χ3n) is 4.50. The number of hydrogen-bond donors (Lipinski definition) is 1. The minimum absolute atomic E-state index is 0.0454. The molecule has 0 saturated carbocycles. The Balaban J connectivity index is 1.87. The summed E-state index contributed by atoms with van der Waals surface area (Å²) in [6.07, 6.45) is 0.249. The van der Waals surface area contributed by atoms with Crippen LogP contribution in [-0.4, -0.2) is 52.6 Å². The van der Waals surface area contributed by atoms with Gasteiger partial charge in [-0.3, -0.25) is 9.52 Å². The fourth-order valence-corrected chi connectivity index (χ4v) is 4.04. The fraction of sp³-hybridized carbons (Fsp3) is 0.300. The van der Waals surface area contributed by atoms with Gasteiger partial charge in [0.25, 0.3) is 15.9 Å². The highest BCUT2D eigenvalue weighted by atomic mass is 32.2. The predicted molar refractivity (Wildman–Crippen MR) is 106 cm³/mol. The van der Waals surface area contributed by atoms with E-state index >= 15 is 0 Å². The molecular formula is C20H21N3O5S. The number of nitrogens with one attached hydrogen (secondary N) is 1. The van der Waals surface area contributed by atoms with Gasteiger partial charge in [-0.25, -0.2) is 8.42 Å². The minimum Gasteiger partial charge on any atom is -0.496 e. The first-order chi connectivity index (χ1) is 13.9. The second kappa shape index (κ2) is 8.94. The average Bonchev–Trinajstić information content (AvgIpc) is 2.74. The number of hydrogen-bond acceptors (Lipinski definition) is 6. The average molecular weight is 415 g/mol. The van der Waals surface area contributed by atoms with Gasteiger partial charge in [0, 0.05) is 18.8 Å². The molecule has 1 N–H and O–H groups in total. The number of benzene rings is 2. The Morgan fingerprint density at radius 3 is 2.52 bits per heavy atom. The van der Waals surface area contributed by atoms with Crippen molar-refractivity contribution in [2.75, 3.05) is 38.1 Å². The molecule has 8 nitrogen and oxygen atoms in total. The lowest BCUT2D eigenvalue weighted by molar-refractivity contribution is 0.0300. The summed E-state index contributed by atoms with van der Waals surface area (Å²) in [5, 5.41) is 8.72. The summed E-state index contributed by atoms with van der Waals surface area (Å²) in [7, 11) is -2.48. The maximum absolute atomic E-state index is 12.9. The summed E-state index contributed by atoms with van der Waals surface area (Å²) in [6, 6.07) is 12.8. The van der Waals surface area contributed by atoms with E-state index in [0.29, 0.717) is 37.7 Å². The first-order valence-corrected chi connectivity index (χ1v) is 10.5. The molecular weight excluding hydrogens is 394 g/mol. The van der Waals surface area contributed by atoms with E-state index < -0.39 is 10.0 Å². The first-order valence-electron chi connectivity index (χ1n) is 8.98. The number of amides is 1. The molecule has 152 valence electrons. The zero-order valence-corrected chi connectivity index (χ0v) is 16.7. The topological polar surface area (TPSA) is 109 Å². The van der Waals surface area contributed by atoms with Crippen LogP contribution < -0.4 is 9.46 Å². The minimum atomic E-state index is -3.92. The normalized spacial score (nSPS) is 14.1. The highest BCUT2D eigenvalue weighted by Gasteiger charge is 2.24. The quantitative estimate of drug-likeness (QED) is 0.773. The molecule has 1 aliphatic heterocycles. The summed E-state index contributed by atoms with van der Waals surface area (Å²) in [5.74, 6) is 0.00403. The Labute approximate surface area is 169 Å². The summed E-state index contributed by atoms with van der Waals surface area (Å²) < 4.78 is 38.6. The standard InChI is InChI=1S/C20H21N3O5S/c1-27-19-7-6-17(14-18(19)20(24)23-10-12-28-13-11-23)29(25,26)22-16-4-2-15(3-5-16)8-9-21/h2-7,14,22H,8,10-13H2,1H3. The molecule has 0 bridgehead atoms. The van der Waals surface area contributed by atoms with Gasteiger partial charge in [-0.05, 0) is 35.9 Å². The van der Waals surface area contributed by atoms with E-state index in [1.807, 2.05) is 6.07 Å². The molecule has 2 aromatic carbocycles. The molecule has 9 heteroatoms. The van der Waals surface area contributed by atoms with Gasteiger partial charge in [0.1, 0.15) is 5.75 Å². The highest BCUT2D eigenvalue weighted by molar-refractivity contribution is 7.92. The molecule has 0 spiro atoms. The van der Waals surface area contributed by atoms with Crippen LogP contribution in [0.2, 0.25) is 0 Å². The molecule has 0 radical (unpaired) electrons. The number of morpholine rings is 1. The number of anilines is 1. The number of ether oxygens (including phenoxy) is 2. The molecule has 0 atom stereocenters.